The summed E-state index contributed by atoms with van der Waals surface area (Å²) in [6, 6.07) is 0. The topological polar surface area (TPSA) is 87.7 Å². The Balaban J connectivity index is 2.24. The number of aliphatic hydroxyl groups is 1. The largest absolute Gasteiger partial charge is 0.377 e. The van der Waals surface area contributed by atoms with Crippen LogP contribution < -0.4 is 10.0 Å². The Bertz CT molecular complexity index is 602. The van der Waals surface area contributed by atoms with Crippen molar-refractivity contribution in [3.8, 4) is 0 Å². The molecule has 6 nitrogen and oxygen atoms in total. The molecule has 0 heterocycles. The fourth-order valence-electron chi connectivity index (χ4n) is 2.38. The van der Waals surface area contributed by atoms with Gasteiger partial charge in [0.2, 0.25) is 10.0 Å². The van der Waals surface area contributed by atoms with Gasteiger partial charge in [-0.3, -0.25) is 0 Å². The van der Waals surface area contributed by atoms with Crippen molar-refractivity contribution in [3.05, 3.63) is 23.4 Å². The molecule has 0 amide bonds. The zero-order valence-electron chi connectivity index (χ0n) is 17.5. The molecule has 0 aromatic carbocycles. The van der Waals surface area contributed by atoms with Crippen molar-refractivity contribution in [2.24, 2.45) is 5.92 Å². The number of aliphatic hydroxyl groups excluding tert-OH is 1. The lowest BCUT2D eigenvalue weighted by Crippen LogP contribution is -2.39. The Morgan fingerprint density at radius 2 is 1.96 bits per heavy atom. The molecule has 1 saturated carbocycles. The van der Waals surface area contributed by atoms with Crippen molar-refractivity contribution in [3.63, 3.8) is 0 Å². The summed E-state index contributed by atoms with van der Waals surface area (Å²) in [5, 5.41) is 13.3. The molecule has 3 N–H and O–H groups in total. The number of ether oxygens (including phenoxy) is 1. The lowest BCUT2D eigenvalue weighted by atomic mass is 10.1. The first-order chi connectivity index (χ1) is 12.6. The van der Waals surface area contributed by atoms with Gasteiger partial charge in [-0.05, 0) is 78.2 Å². The molecule has 0 bridgehead atoms. The van der Waals surface area contributed by atoms with Gasteiger partial charge in [-0.1, -0.05) is 12.2 Å². The predicted octanol–water partition coefficient (Wildman–Crippen LogP) is 3.06. The van der Waals surface area contributed by atoms with Crippen LogP contribution in [0, 0.1) is 5.92 Å². The fourth-order valence-corrected chi connectivity index (χ4v) is 3.22. The third-order valence-electron chi connectivity index (χ3n) is 4.60. The molecule has 0 aliphatic heterocycles. The minimum atomic E-state index is -3.30. The first-order valence-corrected chi connectivity index (χ1v) is 11.4. The average Bonchev–Trinajstić information content (AvgIpc) is 3.39. The van der Waals surface area contributed by atoms with E-state index in [-0.39, 0.29) is 0 Å². The highest BCUT2D eigenvalue weighted by Crippen LogP contribution is 2.28. The quantitative estimate of drug-likeness (QED) is 0.250. The normalized spacial score (nSPS) is 17.9. The van der Waals surface area contributed by atoms with Gasteiger partial charge in [0.05, 0.1) is 11.4 Å². The van der Waals surface area contributed by atoms with E-state index in [0.29, 0.717) is 26.0 Å². The van der Waals surface area contributed by atoms with Gasteiger partial charge in [0.1, 0.15) is 6.23 Å². The number of hydrogen-bond acceptors (Lipinski definition) is 5. The van der Waals surface area contributed by atoms with Crippen LogP contribution in [0.2, 0.25) is 0 Å². The Morgan fingerprint density at radius 3 is 2.52 bits per heavy atom. The van der Waals surface area contributed by atoms with E-state index in [2.05, 4.69) is 10.0 Å². The van der Waals surface area contributed by atoms with Gasteiger partial charge in [-0.25, -0.2) is 13.1 Å². The molecule has 1 atom stereocenters. The molecule has 1 rings (SSSR count). The zero-order chi connectivity index (χ0) is 20.5. The zero-order valence-corrected chi connectivity index (χ0v) is 18.4. The van der Waals surface area contributed by atoms with Gasteiger partial charge in [0, 0.05) is 18.8 Å². The highest BCUT2D eigenvalue weighted by atomic mass is 32.2. The molecule has 0 aromatic heterocycles. The summed E-state index contributed by atoms with van der Waals surface area (Å²) in [7, 11) is -3.30. The standard InChI is InChI=1S/C20H38N2O4S/c1-6-18(16(2)12-14-26-15-17-10-11-17)22-19(23)9-7-8-13-21-27(24,25)20(3,4)5/h6,12,17,19,21-23H,7-11,13-15H2,1-5H3/b16-12-,18-6+. The van der Waals surface area contributed by atoms with E-state index in [0.717, 1.165) is 30.2 Å². The Hall–Kier alpha value is -0.890. The first-order valence-electron chi connectivity index (χ1n) is 9.92. The van der Waals surface area contributed by atoms with Crippen molar-refractivity contribution in [2.75, 3.05) is 19.8 Å². The molecular weight excluding hydrogens is 364 g/mol. The van der Waals surface area contributed by atoms with E-state index in [1.807, 2.05) is 26.0 Å². The molecule has 7 heteroatoms. The summed E-state index contributed by atoms with van der Waals surface area (Å²) in [5.41, 5.74) is 1.94. The SMILES string of the molecule is C/C=C(NC(O)CCCCNS(=O)(=O)C(C)(C)C)\C(C)=C/COCC1CC1. The Labute approximate surface area is 165 Å². The molecule has 0 aromatic rings. The molecule has 0 saturated heterocycles. The van der Waals surface area contributed by atoms with E-state index in [4.69, 9.17) is 4.74 Å². The molecular formula is C20H38N2O4S. The first kappa shape index (κ1) is 24.1. The molecule has 27 heavy (non-hydrogen) atoms. The van der Waals surface area contributed by atoms with Gasteiger partial charge in [0.15, 0.2) is 0 Å². The van der Waals surface area contributed by atoms with Gasteiger partial charge < -0.3 is 15.2 Å². The van der Waals surface area contributed by atoms with Crippen LogP contribution in [0.15, 0.2) is 23.4 Å². The number of allylic oxidation sites excluding steroid dienone is 2. The van der Waals surface area contributed by atoms with Crippen LogP contribution in [-0.2, 0) is 14.8 Å². The molecule has 1 fully saturated rings. The number of nitrogens with one attached hydrogen (secondary N) is 2. The second kappa shape index (κ2) is 11.2. The molecule has 1 aliphatic rings. The van der Waals surface area contributed by atoms with Crippen LogP contribution in [0.1, 0.15) is 66.7 Å². The van der Waals surface area contributed by atoms with Crippen LogP contribution in [0.4, 0.5) is 0 Å². The van der Waals surface area contributed by atoms with Gasteiger partial charge in [-0.2, -0.15) is 0 Å². The lowest BCUT2D eigenvalue weighted by Gasteiger charge is -2.20. The van der Waals surface area contributed by atoms with Gasteiger partial charge in [0.25, 0.3) is 0 Å². The second-order valence-corrected chi connectivity index (χ2v) is 10.8. The Kier molecular flexibility index (Phi) is 10.0. The molecule has 0 radical (unpaired) electrons. The Morgan fingerprint density at radius 1 is 1.30 bits per heavy atom. The van der Waals surface area contributed by atoms with Crippen LogP contribution >= 0.6 is 0 Å². The maximum atomic E-state index is 12.0. The van der Waals surface area contributed by atoms with E-state index in [9.17, 15) is 13.5 Å². The summed E-state index contributed by atoms with van der Waals surface area (Å²) in [5.74, 6) is 0.757. The van der Waals surface area contributed by atoms with Crippen molar-refractivity contribution in [1.82, 2.24) is 10.0 Å². The smallest absolute Gasteiger partial charge is 0.216 e. The van der Waals surface area contributed by atoms with Crippen LogP contribution in [0.25, 0.3) is 0 Å². The summed E-state index contributed by atoms with van der Waals surface area (Å²) in [6.07, 6.45) is 7.84. The monoisotopic (exact) mass is 402 g/mol. The summed E-state index contributed by atoms with van der Waals surface area (Å²) >= 11 is 0. The minimum Gasteiger partial charge on any atom is -0.377 e. The predicted molar refractivity (Wildman–Crippen MR) is 111 cm³/mol. The van der Waals surface area contributed by atoms with Crippen molar-refractivity contribution >= 4 is 10.0 Å². The fraction of sp³-hybridized carbons (Fsp3) is 0.800. The summed E-state index contributed by atoms with van der Waals surface area (Å²) < 4.78 is 31.4. The highest BCUT2D eigenvalue weighted by molar-refractivity contribution is 7.90. The molecule has 1 unspecified atom stereocenters. The summed E-state index contributed by atoms with van der Waals surface area (Å²) in [4.78, 5) is 0. The molecule has 1 aliphatic carbocycles. The molecule has 0 spiro atoms. The van der Waals surface area contributed by atoms with E-state index in [1.54, 1.807) is 20.8 Å². The lowest BCUT2D eigenvalue weighted by molar-refractivity contribution is 0.136. The van der Waals surface area contributed by atoms with E-state index in [1.165, 1.54) is 12.8 Å². The van der Waals surface area contributed by atoms with Crippen LogP contribution in [0.3, 0.4) is 0 Å². The third-order valence-corrected chi connectivity index (χ3v) is 6.79. The van der Waals surface area contributed by atoms with Crippen molar-refractivity contribution in [2.45, 2.75) is 77.7 Å². The number of rotatable bonds is 13. The van der Waals surface area contributed by atoms with E-state index >= 15 is 0 Å². The maximum Gasteiger partial charge on any atom is 0.216 e. The maximum absolute atomic E-state index is 12.0. The third kappa shape index (κ3) is 9.74. The molecule has 158 valence electrons. The highest BCUT2D eigenvalue weighted by Gasteiger charge is 2.28. The van der Waals surface area contributed by atoms with Crippen molar-refractivity contribution < 1.29 is 18.3 Å². The number of hydrogen-bond donors (Lipinski definition) is 3. The number of unbranched alkanes of at least 4 members (excludes halogenated alkanes) is 1. The summed E-state index contributed by atoms with van der Waals surface area (Å²) in [6.45, 7) is 10.8. The second-order valence-electron chi connectivity index (χ2n) is 8.24. The number of sulfonamides is 1. The average molecular weight is 403 g/mol. The van der Waals surface area contributed by atoms with Gasteiger partial charge >= 0.3 is 0 Å². The van der Waals surface area contributed by atoms with Crippen molar-refractivity contribution in [1.29, 1.82) is 0 Å². The van der Waals surface area contributed by atoms with Crippen LogP contribution in [-0.4, -0.2) is 44.3 Å². The van der Waals surface area contributed by atoms with Gasteiger partial charge in [-0.15, -0.1) is 0 Å². The van der Waals surface area contributed by atoms with E-state index < -0.39 is 21.0 Å². The minimum absolute atomic E-state index is 0.389. The van der Waals surface area contributed by atoms with Crippen LogP contribution in [0.5, 0.6) is 0 Å².